The summed E-state index contributed by atoms with van der Waals surface area (Å²) in [5, 5.41) is 0. The Morgan fingerprint density at radius 2 is 2.33 bits per heavy atom. The van der Waals surface area contributed by atoms with E-state index in [1.54, 1.807) is 17.7 Å². The van der Waals surface area contributed by atoms with Crippen LogP contribution in [0.15, 0.2) is 18.3 Å². The van der Waals surface area contributed by atoms with Gasteiger partial charge in [-0.05, 0) is 38.3 Å². The fourth-order valence-electron chi connectivity index (χ4n) is 1.79. The van der Waals surface area contributed by atoms with Crippen molar-refractivity contribution in [3.8, 4) is 5.75 Å². The molecule has 1 aromatic rings. The Morgan fingerprint density at radius 3 is 2.94 bits per heavy atom. The molecule has 0 radical (unpaired) electrons. The molecule has 0 unspecified atom stereocenters. The highest BCUT2D eigenvalue weighted by molar-refractivity contribution is 5.67. The number of ether oxygens (including phenoxy) is 2. The van der Waals surface area contributed by atoms with Gasteiger partial charge in [-0.15, -0.1) is 0 Å². The molecule has 2 rings (SSSR count). The van der Waals surface area contributed by atoms with Gasteiger partial charge >= 0.3 is 11.8 Å². The summed E-state index contributed by atoms with van der Waals surface area (Å²) >= 11 is 0. The van der Waals surface area contributed by atoms with Crippen LogP contribution in [0.2, 0.25) is 0 Å². The second-order valence-electron chi connectivity index (χ2n) is 4.36. The molecule has 5 nitrogen and oxygen atoms in total. The summed E-state index contributed by atoms with van der Waals surface area (Å²) in [6, 6.07) is 3.65. The van der Waals surface area contributed by atoms with Gasteiger partial charge in [-0.3, -0.25) is 5.73 Å². The van der Waals surface area contributed by atoms with Gasteiger partial charge in [-0.2, -0.15) is 0 Å². The molecule has 1 aliphatic rings. The number of anilines is 1. The van der Waals surface area contributed by atoms with Crippen LogP contribution < -0.4 is 15.0 Å². The van der Waals surface area contributed by atoms with Crippen LogP contribution in [0.3, 0.4) is 0 Å². The lowest BCUT2D eigenvalue weighted by molar-refractivity contribution is -0.672. The highest BCUT2D eigenvalue weighted by Crippen LogP contribution is 2.27. The number of pyridine rings is 1. The summed E-state index contributed by atoms with van der Waals surface area (Å²) in [5.74, 6) is 0.818. The first-order chi connectivity index (χ1) is 8.70. The third kappa shape index (κ3) is 2.91. The number of hydrogen-bond donors (Lipinski definition) is 1. The van der Waals surface area contributed by atoms with E-state index in [0.717, 1.165) is 12.8 Å². The van der Waals surface area contributed by atoms with Gasteiger partial charge < -0.3 is 9.47 Å². The number of esters is 1. The zero-order chi connectivity index (χ0) is 13.0. The van der Waals surface area contributed by atoms with Crippen molar-refractivity contribution < 1.29 is 18.8 Å². The normalized spacial score (nSPS) is 14.9. The van der Waals surface area contributed by atoms with E-state index < -0.39 is 0 Å². The fraction of sp³-hybridized carbons (Fsp3) is 0.538. The number of aromatic nitrogens is 1. The van der Waals surface area contributed by atoms with E-state index in [1.807, 2.05) is 12.1 Å². The minimum atomic E-state index is -0.296. The Kier molecular flexibility index (Phi) is 4.02. The second kappa shape index (κ2) is 5.71. The van der Waals surface area contributed by atoms with Crippen molar-refractivity contribution in [1.29, 1.82) is 0 Å². The number of nitrogens with two attached hydrogens (primary N) is 1. The van der Waals surface area contributed by atoms with Gasteiger partial charge in [0.25, 0.3) is 0 Å². The van der Waals surface area contributed by atoms with Crippen LogP contribution >= 0.6 is 0 Å². The summed E-state index contributed by atoms with van der Waals surface area (Å²) in [7, 11) is 0. The van der Waals surface area contributed by atoms with Gasteiger partial charge in [0.1, 0.15) is 0 Å². The molecule has 0 atom stereocenters. The van der Waals surface area contributed by atoms with Crippen molar-refractivity contribution in [3.05, 3.63) is 18.3 Å². The van der Waals surface area contributed by atoms with Crippen molar-refractivity contribution in [1.82, 2.24) is 0 Å². The minimum absolute atomic E-state index is 0.113. The highest BCUT2D eigenvalue weighted by atomic mass is 16.5. The maximum absolute atomic E-state index is 11.4. The molecule has 0 amide bonds. The summed E-state index contributed by atoms with van der Waals surface area (Å²) in [6.45, 7) is 2.27. The van der Waals surface area contributed by atoms with Gasteiger partial charge in [-0.1, -0.05) is 0 Å². The summed E-state index contributed by atoms with van der Waals surface area (Å²) in [6.07, 6.45) is 5.38. The molecule has 1 aromatic heterocycles. The monoisotopic (exact) mass is 251 g/mol. The smallest absolute Gasteiger partial charge is 0.348 e. The predicted octanol–water partition coefficient (Wildman–Crippen LogP) is 1.05. The van der Waals surface area contributed by atoms with Gasteiger partial charge in [-0.25, -0.2) is 9.36 Å². The van der Waals surface area contributed by atoms with Crippen molar-refractivity contribution in [2.75, 3.05) is 12.3 Å². The second-order valence-corrected chi connectivity index (χ2v) is 4.36. The van der Waals surface area contributed by atoms with Crippen molar-refractivity contribution in [2.24, 2.45) is 0 Å². The number of nitrogen functional groups attached to an aromatic ring is 1. The molecule has 0 aromatic carbocycles. The Morgan fingerprint density at radius 1 is 1.56 bits per heavy atom. The SMILES string of the molecule is CCOC(=O)C[n+]1cccc(OC2CCC2)c1N. The summed E-state index contributed by atoms with van der Waals surface area (Å²) < 4.78 is 12.3. The maximum Gasteiger partial charge on any atom is 0.348 e. The third-order valence-electron chi connectivity index (χ3n) is 3.03. The lowest BCUT2D eigenvalue weighted by Crippen LogP contribution is -2.41. The molecule has 0 spiro atoms. The number of nitrogens with zero attached hydrogens (tertiary/aromatic N) is 1. The molecule has 18 heavy (non-hydrogen) atoms. The molecule has 1 aliphatic carbocycles. The number of rotatable bonds is 5. The molecule has 0 aliphatic heterocycles. The Balaban J connectivity index is 2.05. The Bertz CT molecular complexity index is 430. The van der Waals surface area contributed by atoms with Crippen LogP contribution in [-0.4, -0.2) is 18.7 Å². The number of carbonyl (C=O) groups excluding carboxylic acids is 1. The van der Waals surface area contributed by atoms with Gasteiger partial charge in [0.05, 0.1) is 18.9 Å². The largest absolute Gasteiger partial charge is 0.483 e. The van der Waals surface area contributed by atoms with Gasteiger partial charge in [0.15, 0.2) is 6.54 Å². The van der Waals surface area contributed by atoms with Crippen LogP contribution in [0.5, 0.6) is 5.75 Å². The van der Waals surface area contributed by atoms with E-state index in [9.17, 15) is 4.79 Å². The minimum Gasteiger partial charge on any atom is -0.483 e. The summed E-state index contributed by atoms with van der Waals surface area (Å²) in [5.41, 5.74) is 5.99. The van der Waals surface area contributed by atoms with Crippen molar-refractivity contribution in [2.45, 2.75) is 38.8 Å². The standard InChI is InChI=1S/C13H18N2O3/c1-2-17-12(16)9-15-8-4-7-11(13(15)14)18-10-5-3-6-10/h4,7-8,10,14H,2-3,5-6,9H2,1H3/p+1. The molecule has 2 N–H and O–H groups in total. The van der Waals surface area contributed by atoms with E-state index in [-0.39, 0.29) is 18.6 Å². The number of carbonyl (C=O) groups is 1. The van der Waals surface area contributed by atoms with Crippen LogP contribution in [-0.2, 0) is 16.1 Å². The average Bonchev–Trinajstić information content (AvgIpc) is 2.28. The molecule has 5 heteroatoms. The molecular weight excluding hydrogens is 232 g/mol. The Labute approximate surface area is 107 Å². The zero-order valence-corrected chi connectivity index (χ0v) is 10.6. The van der Waals surface area contributed by atoms with E-state index in [0.29, 0.717) is 18.2 Å². The average molecular weight is 251 g/mol. The maximum atomic E-state index is 11.4. The van der Waals surface area contributed by atoms with Crippen LogP contribution in [0, 0.1) is 0 Å². The van der Waals surface area contributed by atoms with E-state index >= 15 is 0 Å². The van der Waals surface area contributed by atoms with Gasteiger partial charge in [0.2, 0.25) is 5.75 Å². The quantitative estimate of drug-likeness (QED) is 0.627. The highest BCUT2D eigenvalue weighted by Gasteiger charge is 2.23. The van der Waals surface area contributed by atoms with Crippen molar-refractivity contribution in [3.63, 3.8) is 0 Å². The van der Waals surface area contributed by atoms with Crippen LogP contribution in [0.25, 0.3) is 0 Å². The lowest BCUT2D eigenvalue weighted by atomic mass is 9.96. The first kappa shape index (κ1) is 12.7. The molecule has 98 valence electrons. The van der Waals surface area contributed by atoms with Gasteiger partial charge in [0, 0.05) is 0 Å². The molecule has 1 fully saturated rings. The predicted molar refractivity (Wildman–Crippen MR) is 65.9 cm³/mol. The first-order valence-electron chi connectivity index (χ1n) is 6.31. The molecule has 1 saturated carbocycles. The molecule has 0 bridgehead atoms. The van der Waals surface area contributed by atoms with E-state index in [4.69, 9.17) is 15.2 Å². The fourth-order valence-corrected chi connectivity index (χ4v) is 1.79. The molecule has 1 heterocycles. The zero-order valence-electron chi connectivity index (χ0n) is 10.6. The summed E-state index contributed by atoms with van der Waals surface area (Å²) in [4.78, 5) is 11.4. The number of hydrogen-bond acceptors (Lipinski definition) is 4. The van der Waals surface area contributed by atoms with Crippen LogP contribution in [0.1, 0.15) is 26.2 Å². The Hall–Kier alpha value is -1.78. The molecule has 0 saturated heterocycles. The first-order valence-corrected chi connectivity index (χ1v) is 6.31. The topological polar surface area (TPSA) is 65.4 Å². The third-order valence-corrected chi connectivity index (χ3v) is 3.03. The molecular formula is C13H19N2O3+. The lowest BCUT2D eigenvalue weighted by Gasteiger charge is -2.26. The van der Waals surface area contributed by atoms with E-state index in [1.165, 1.54) is 6.42 Å². The van der Waals surface area contributed by atoms with Crippen LogP contribution in [0.4, 0.5) is 5.82 Å². The van der Waals surface area contributed by atoms with Crippen molar-refractivity contribution >= 4 is 11.8 Å². The van der Waals surface area contributed by atoms with E-state index in [2.05, 4.69) is 0 Å².